The van der Waals surface area contributed by atoms with E-state index in [9.17, 15) is 9.18 Å². The number of nitrogens with zero attached hydrogens (tertiary/aromatic N) is 2. The molecule has 2 aromatic rings. The third kappa shape index (κ3) is 5.82. The number of rotatable bonds is 6. The molecule has 178 valence electrons. The first-order chi connectivity index (χ1) is 16.0. The highest BCUT2D eigenvalue weighted by Gasteiger charge is 2.35. The molecule has 0 saturated carbocycles. The first-order valence-corrected chi connectivity index (χ1v) is 12.7. The van der Waals surface area contributed by atoms with Gasteiger partial charge in [-0.3, -0.25) is 9.69 Å². The number of carbonyl (C=O) groups is 1. The molecular weight excluding hydrogens is 439 g/mol. The Kier molecular flexibility index (Phi) is 7.81. The summed E-state index contributed by atoms with van der Waals surface area (Å²) in [4.78, 5) is 17.8. The molecule has 4 rings (SSSR count). The van der Waals surface area contributed by atoms with Crippen LogP contribution in [0.2, 0.25) is 0 Å². The van der Waals surface area contributed by atoms with Crippen LogP contribution in [0.3, 0.4) is 0 Å². The Labute approximate surface area is 200 Å². The molecule has 0 aromatic heterocycles. The lowest BCUT2D eigenvalue weighted by Gasteiger charge is -2.40. The summed E-state index contributed by atoms with van der Waals surface area (Å²) in [5.74, 6) is 3.71. The van der Waals surface area contributed by atoms with Gasteiger partial charge in [0.15, 0.2) is 0 Å². The zero-order chi connectivity index (χ0) is 23.4. The van der Waals surface area contributed by atoms with Gasteiger partial charge in [-0.25, -0.2) is 4.39 Å². The van der Waals surface area contributed by atoms with Gasteiger partial charge in [-0.05, 0) is 54.2 Å². The summed E-state index contributed by atoms with van der Waals surface area (Å²) in [5.41, 5.74) is 2.84. The molecule has 2 atom stereocenters. The summed E-state index contributed by atoms with van der Waals surface area (Å²) in [7, 11) is 3.30. The van der Waals surface area contributed by atoms with E-state index in [2.05, 4.69) is 4.90 Å². The minimum atomic E-state index is -0.187. The first-order valence-electron chi connectivity index (χ1n) is 11.5. The van der Waals surface area contributed by atoms with E-state index in [1.807, 2.05) is 47.0 Å². The lowest BCUT2D eigenvalue weighted by atomic mass is 9.83. The van der Waals surface area contributed by atoms with Gasteiger partial charge in [0.25, 0.3) is 0 Å². The van der Waals surface area contributed by atoms with Crippen molar-refractivity contribution in [2.75, 3.05) is 51.9 Å². The maximum absolute atomic E-state index is 13.9. The predicted molar refractivity (Wildman–Crippen MR) is 131 cm³/mol. The summed E-state index contributed by atoms with van der Waals surface area (Å²) in [6, 6.07) is 11.3. The van der Waals surface area contributed by atoms with Gasteiger partial charge < -0.3 is 14.4 Å². The van der Waals surface area contributed by atoms with Crippen molar-refractivity contribution >= 4 is 17.7 Å². The number of hydrogen-bond donors (Lipinski definition) is 0. The number of carbonyl (C=O) groups excluding carboxylic acids is 1. The van der Waals surface area contributed by atoms with Crippen LogP contribution in [0.15, 0.2) is 36.4 Å². The number of methoxy groups -OCH3 is 2. The Morgan fingerprint density at radius 2 is 1.76 bits per heavy atom. The molecule has 2 fully saturated rings. The lowest BCUT2D eigenvalue weighted by molar-refractivity contribution is -0.137. The van der Waals surface area contributed by atoms with E-state index in [4.69, 9.17) is 9.47 Å². The predicted octanol–water partition coefficient (Wildman–Crippen LogP) is 4.33. The van der Waals surface area contributed by atoms with Crippen molar-refractivity contribution in [1.82, 2.24) is 9.80 Å². The number of benzene rings is 2. The molecule has 0 N–H and O–H groups in total. The van der Waals surface area contributed by atoms with Crippen LogP contribution in [0.5, 0.6) is 11.5 Å². The molecule has 0 spiro atoms. The van der Waals surface area contributed by atoms with Crippen molar-refractivity contribution in [3.05, 3.63) is 58.9 Å². The van der Waals surface area contributed by atoms with Crippen LogP contribution < -0.4 is 9.47 Å². The number of piperidine rings is 1. The van der Waals surface area contributed by atoms with Crippen LogP contribution in [0, 0.1) is 18.7 Å². The minimum absolute atomic E-state index is 0.0651. The minimum Gasteiger partial charge on any atom is -0.497 e. The molecule has 33 heavy (non-hydrogen) atoms. The van der Waals surface area contributed by atoms with E-state index in [1.165, 1.54) is 0 Å². The number of likely N-dealkylation sites (tertiary alicyclic amines) is 1. The second-order valence-electron chi connectivity index (χ2n) is 8.99. The van der Waals surface area contributed by atoms with E-state index in [-0.39, 0.29) is 23.6 Å². The Bertz CT molecular complexity index is 958. The molecular formula is C26H33FN2O3S. The largest absolute Gasteiger partial charge is 0.497 e. The SMILES string of the molecule is COc1cc(CN2CC(C(=O)N3CCSCC3)CC(c3ccc(F)c(C)c3)C2)cc(OC)c1. The van der Waals surface area contributed by atoms with Gasteiger partial charge in [-0.1, -0.05) is 12.1 Å². The normalized spacial score (nSPS) is 21.6. The van der Waals surface area contributed by atoms with Crippen molar-refractivity contribution in [1.29, 1.82) is 0 Å². The van der Waals surface area contributed by atoms with E-state index >= 15 is 0 Å². The quantitative estimate of drug-likeness (QED) is 0.626. The summed E-state index contributed by atoms with van der Waals surface area (Å²) in [6.45, 7) is 5.70. The standard InChI is InChI=1S/C26H33FN2O3S/c1-18-10-20(4-5-25(18)27)21-13-22(26(30)29-6-8-33-9-7-29)17-28(16-21)15-19-11-23(31-2)14-24(12-19)32-3/h4-5,10-12,14,21-22H,6-9,13,15-17H2,1-3H3. The molecule has 1 amide bonds. The molecule has 2 aliphatic rings. The molecule has 0 aliphatic carbocycles. The van der Waals surface area contributed by atoms with Crippen molar-refractivity contribution in [3.63, 3.8) is 0 Å². The molecule has 5 nitrogen and oxygen atoms in total. The first kappa shape index (κ1) is 23.9. The van der Waals surface area contributed by atoms with E-state index in [0.29, 0.717) is 12.1 Å². The van der Waals surface area contributed by atoms with E-state index in [0.717, 1.165) is 66.7 Å². The Hall–Kier alpha value is -2.25. The summed E-state index contributed by atoms with van der Waals surface area (Å²) in [5, 5.41) is 0. The van der Waals surface area contributed by atoms with Crippen molar-refractivity contribution < 1.29 is 18.7 Å². The maximum atomic E-state index is 13.9. The van der Waals surface area contributed by atoms with Crippen molar-refractivity contribution in [2.24, 2.45) is 5.92 Å². The number of amides is 1. The van der Waals surface area contributed by atoms with Crippen LogP contribution in [0.4, 0.5) is 4.39 Å². The zero-order valence-corrected chi connectivity index (χ0v) is 20.5. The summed E-state index contributed by atoms with van der Waals surface area (Å²) >= 11 is 1.91. The molecule has 7 heteroatoms. The topological polar surface area (TPSA) is 42.0 Å². The monoisotopic (exact) mass is 472 g/mol. The van der Waals surface area contributed by atoms with E-state index in [1.54, 1.807) is 27.2 Å². The number of halogens is 1. The summed E-state index contributed by atoms with van der Waals surface area (Å²) in [6.07, 6.45) is 0.797. The van der Waals surface area contributed by atoms with Gasteiger partial charge >= 0.3 is 0 Å². The highest BCUT2D eigenvalue weighted by Crippen LogP contribution is 2.34. The molecule has 2 aromatic carbocycles. The number of aryl methyl sites for hydroxylation is 1. The van der Waals surface area contributed by atoms with Gasteiger partial charge in [0.1, 0.15) is 17.3 Å². The average molecular weight is 473 g/mol. The molecule has 2 saturated heterocycles. The molecule has 2 heterocycles. The molecule has 0 bridgehead atoms. The van der Waals surface area contributed by atoms with Gasteiger partial charge in [-0.15, -0.1) is 0 Å². The smallest absolute Gasteiger partial charge is 0.227 e. The fraction of sp³-hybridized carbons (Fsp3) is 0.500. The van der Waals surface area contributed by atoms with Crippen LogP contribution >= 0.6 is 11.8 Å². The Balaban J connectivity index is 1.58. The average Bonchev–Trinajstić information content (AvgIpc) is 2.85. The van der Waals surface area contributed by atoms with Crippen LogP contribution in [-0.2, 0) is 11.3 Å². The van der Waals surface area contributed by atoms with Gasteiger partial charge in [0, 0.05) is 50.3 Å². The van der Waals surface area contributed by atoms with Crippen LogP contribution in [-0.4, -0.2) is 67.6 Å². The van der Waals surface area contributed by atoms with E-state index < -0.39 is 0 Å². The highest BCUT2D eigenvalue weighted by atomic mass is 32.2. The molecule has 2 unspecified atom stereocenters. The van der Waals surface area contributed by atoms with Crippen LogP contribution in [0.1, 0.15) is 29.0 Å². The molecule has 0 radical (unpaired) electrons. The second-order valence-corrected chi connectivity index (χ2v) is 10.2. The maximum Gasteiger partial charge on any atom is 0.227 e. The third-order valence-electron chi connectivity index (χ3n) is 6.67. The number of ether oxygens (including phenoxy) is 2. The second kappa shape index (κ2) is 10.8. The Morgan fingerprint density at radius 3 is 2.39 bits per heavy atom. The van der Waals surface area contributed by atoms with Gasteiger partial charge in [-0.2, -0.15) is 11.8 Å². The third-order valence-corrected chi connectivity index (χ3v) is 7.61. The van der Waals surface area contributed by atoms with Crippen molar-refractivity contribution in [2.45, 2.75) is 25.8 Å². The van der Waals surface area contributed by atoms with Gasteiger partial charge in [0.2, 0.25) is 5.91 Å². The highest BCUT2D eigenvalue weighted by molar-refractivity contribution is 7.99. The zero-order valence-electron chi connectivity index (χ0n) is 19.7. The molecule has 2 aliphatic heterocycles. The number of hydrogen-bond acceptors (Lipinski definition) is 5. The fourth-order valence-corrected chi connectivity index (χ4v) is 5.82. The van der Waals surface area contributed by atoms with Crippen molar-refractivity contribution in [3.8, 4) is 11.5 Å². The lowest BCUT2D eigenvalue weighted by Crippen LogP contribution is -2.48. The summed E-state index contributed by atoms with van der Waals surface area (Å²) < 4.78 is 24.8. The fourth-order valence-electron chi connectivity index (χ4n) is 4.92. The Morgan fingerprint density at radius 1 is 1.06 bits per heavy atom. The number of thioether (sulfide) groups is 1. The van der Waals surface area contributed by atoms with Crippen LogP contribution in [0.25, 0.3) is 0 Å². The van der Waals surface area contributed by atoms with Gasteiger partial charge in [0.05, 0.1) is 20.1 Å².